The predicted molar refractivity (Wildman–Crippen MR) is 73.9 cm³/mol. The average molecular weight is 257 g/mol. The summed E-state index contributed by atoms with van der Waals surface area (Å²) in [6, 6.07) is 8.34. The van der Waals surface area contributed by atoms with Gasteiger partial charge in [0.05, 0.1) is 24.4 Å². The molecule has 0 radical (unpaired) electrons. The minimum atomic E-state index is 0.310. The lowest BCUT2D eigenvalue weighted by atomic mass is 9.75. The van der Waals surface area contributed by atoms with Gasteiger partial charge in [-0.2, -0.15) is 5.10 Å². The number of aromatic nitrogens is 2. The number of rotatable bonds is 2. The number of H-pyrrole nitrogens is 1. The first kappa shape index (κ1) is 11.4. The number of para-hydroxylation sites is 1. The van der Waals surface area contributed by atoms with Crippen LogP contribution < -0.4 is 0 Å². The van der Waals surface area contributed by atoms with E-state index >= 15 is 0 Å². The first-order chi connectivity index (χ1) is 9.37. The molecule has 2 fully saturated rings. The van der Waals surface area contributed by atoms with Gasteiger partial charge in [0.25, 0.3) is 0 Å². The second-order valence-corrected chi connectivity index (χ2v) is 5.77. The SMILES string of the molecule is c1ccc2c(CN3CCOCC34CCC4)[nH]nc2c1. The second kappa shape index (κ2) is 4.32. The van der Waals surface area contributed by atoms with E-state index in [1.54, 1.807) is 0 Å². The molecule has 0 atom stereocenters. The molecule has 0 amide bonds. The molecule has 4 heteroatoms. The molecule has 4 rings (SSSR count). The van der Waals surface area contributed by atoms with E-state index in [1.165, 1.54) is 30.3 Å². The number of hydrogen-bond donors (Lipinski definition) is 1. The molecule has 100 valence electrons. The zero-order chi connectivity index (χ0) is 12.7. The summed E-state index contributed by atoms with van der Waals surface area (Å²) in [4.78, 5) is 2.60. The van der Waals surface area contributed by atoms with E-state index in [0.717, 1.165) is 31.8 Å². The molecule has 1 saturated carbocycles. The van der Waals surface area contributed by atoms with Crippen LogP contribution in [0.25, 0.3) is 10.9 Å². The molecular formula is C15H19N3O. The highest BCUT2D eigenvalue weighted by atomic mass is 16.5. The van der Waals surface area contributed by atoms with Crippen molar-refractivity contribution >= 4 is 10.9 Å². The Labute approximate surface area is 112 Å². The lowest BCUT2D eigenvalue weighted by Gasteiger charge is -2.52. The number of nitrogens with zero attached hydrogens (tertiary/aromatic N) is 2. The molecule has 2 aliphatic rings. The number of aromatic amines is 1. The molecule has 1 saturated heterocycles. The van der Waals surface area contributed by atoms with Gasteiger partial charge in [0.15, 0.2) is 0 Å². The van der Waals surface area contributed by atoms with E-state index in [-0.39, 0.29) is 0 Å². The van der Waals surface area contributed by atoms with Gasteiger partial charge in [-0.05, 0) is 25.3 Å². The zero-order valence-electron chi connectivity index (χ0n) is 11.1. The Kier molecular flexibility index (Phi) is 2.60. The lowest BCUT2D eigenvalue weighted by Crippen LogP contribution is -2.60. The molecule has 1 spiro atoms. The Morgan fingerprint density at radius 2 is 2.21 bits per heavy atom. The number of nitrogens with one attached hydrogen (secondary N) is 1. The normalized spacial score (nSPS) is 22.7. The smallest absolute Gasteiger partial charge is 0.0924 e. The van der Waals surface area contributed by atoms with Crippen LogP contribution in [-0.2, 0) is 11.3 Å². The Bertz CT molecular complexity index is 588. The molecule has 2 heterocycles. The van der Waals surface area contributed by atoms with Crippen LogP contribution in [-0.4, -0.2) is 40.4 Å². The van der Waals surface area contributed by atoms with E-state index in [1.807, 2.05) is 6.07 Å². The molecule has 2 aromatic rings. The summed E-state index contributed by atoms with van der Waals surface area (Å²) in [6.45, 7) is 3.75. The van der Waals surface area contributed by atoms with Crippen LogP contribution >= 0.6 is 0 Å². The summed E-state index contributed by atoms with van der Waals surface area (Å²) < 4.78 is 5.70. The maximum Gasteiger partial charge on any atom is 0.0924 e. The molecule has 1 aliphatic heterocycles. The van der Waals surface area contributed by atoms with Crippen molar-refractivity contribution in [2.24, 2.45) is 0 Å². The fraction of sp³-hybridized carbons (Fsp3) is 0.533. The van der Waals surface area contributed by atoms with E-state index < -0.39 is 0 Å². The summed E-state index contributed by atoms with van der Waals surface area (Å²) in [5, 5.41) is 8.86. The van der Waals surface area contributed by atoms with E-state index in [2.05, 4.69) is 33.3 Å². The fourth-order valence-electron chi connectivity index (χ4n) is 3.38. The van der Waals surface area contributed by atoms with Crippen molar-refractivity contribution in [3.05, 3.63) is 30.0 Å². The highest BCUT2D eigenvalue weighted by Crippen LogP contribution is 2.40. The van der Waals surface area contributed by atoms with Gasteiger partial charge < -0.3 is 4.74 Å². The van der Waals surface area contributed by atoms with Gasteiger partial charge in [-0.1, -0.05) is 18.2 Å². The zero-order valence-corrected chi connectivity index (χ0v) is 11.1. The van der Waals surface area contributed by atoms with Crippen molar-refractivity contribution < 1.29 is 4.74 Å². The van der Waals surface area contributed by atoms with E-state index in [9.17, 15) is 0 Å². The summed E-state index contributed by atoms with van der Waals surface area (Å²) in [5.74, 6) is 0. The van der Waals surface area contributed by atoms with Crippen LogP contribution in [0.2, 0.25) is 0 Å². The molecule has 0 unspecified atom stereocenters. The topological polar surface area (TPSA) is 41.1 Å². The Morgan fingerprint density at radius 3 is 3.05 bits per heavy atom. The highest BCUT2D eigenvalue weighted by Gasteiger charge is 2.44. The van der Waals surface area contributed by atoms with Crippen molar-refractivity contribution in [3.63, 3.8) is 0 Å². The Balaban J connectivity index is 1.63. The van der Waals surface area contributed by atoms with Gasteiger partial charge in [-0.25, -0.2) is 0 Å². The van der Waals surface area contributed by atoms with Crippen molar-refractivity contribution in [2.75, 3.05) is 19.8 Å². The first-order valence-electron chi connectivity index (χ1n) is 7.12. The van der Waals surface area contributed by atoms with Gasteiger partial charge >= 0.3 is 0 Å². The van der Waals surface area contributed by atoms with Gasteiger partial charge in [0.1, 0.15) is 0 Å². The summed E-state index contributed by atoms with van der Waals surface area (Å²) >= 11 is 0. The number of fused-ring (bicyclic) bond motifs is 1. The number of hydrogen-bond acceptors (Lipinski definition) is 3. The number of ether oxygens (including phenoxy) is 1. The fourth-order valence-corrected chi connectivity index (χ4v) is 3.38. The molecule has 0 bridgehead atoms. The molecular weight excluding hydrogens is 238 g/mol. The quantitative estimate of drug-likeness (QED) is 0.897. The summed E-state index contributed by atoms with van der Waals surface area (Å²) in [6.07, 6.45) is 3.89. The maximum absolute atomic E-state index is 5.70. The largest absolute Gasteiger partial charge is 0.378 e. The van der Waals surface area contributed by atoms with Crippen LogP contribution in [0.4, 0.5) is 0 Å². The number of morpholine rings is 1. The molecule has 1 aliphatic carbocycles. The van der Waals surface area contributed by atoms with Crippen molar-refractivity contribution in [2.45, 2.75) is 31.3 Å². The molecule has 1 N–H and O–H groups in total. The predicted octanol–water partition coefficient (Wildman–Crippen LogP) is 2.32. The third-order valence-corrected chi connectivity index (χ3v) is 4.72. The van der Waals surface area contributed by atoms with E-state index in [4.69, 9.17) is 4.74 Å². The monoisotopic (exact) mass is 257 g/mol. The van der Waals surface area contributed by atoms with Crippen LogP contribution in [0.5, 0.6) is 0 Å². The molecule has 19 heavy (non-hydrogen) atoms. The molecule has 1 aromatic heterocycles. The molecule has 1 aromatic carbocycles. The Morgan fingerprint density at radius 1 is 1.32 bits per heavy atom. The van der Waals surface area contributed by atoms with Gasteiger partial charge in [-0.15, -0.1) is 0 Å². The maximum atomic E-state index is 5.70. The lowest BCUT2D eigenvalue weighted by molar-refractivity contribution is -0.111. The van der Waals surface area contributed by atoms with Crippen LogP contribution in [0, 0.1) is 0 Å². The molecule has 4 nitrogen and oxygen atoms in total. The summed E-state index contributed by atoms with van der Waals surface area (Å²) in [7, 11) is 0. The van der Waals surface area contributed by atoms with Gasteiger partial charge in [0, 0.05) is 24.0 Å². The minimum Gasteiger partial charge on any atom is -0.378 e. The van der Waals surface area contributed by atoms with Crippen LogP contribution in [0.1, 0.15) is 25.0 Å². The summed E-state index contributed by atoms with van der Waals surface area (Å²) in [5.41, 5.74) is 2.61. The van der Waals surface area contributed by atoms with Crippen molar-refractivity contribution in [3.8, 4) is 0 Å². The number of benzene rings is 1. The average Bonchev–Trinajstić information content (AvgIpc) is 2.81. The van der Waals surface area contributed by atoms with Crippen LogP contribution in [0.3, 0.4) is 0 Å². The highest BCUT2D eigenvalue weighted by molar-refractivity contribution is 5.81. The van der Waals surface area contributed by atoms with E-state index in [0.29, 0.717) is 5.54 Å². The third-order valence-electron chi connectivity index (χ3n) is 4.72. The second-order valence-electron chi connectivity index (χ2n) is 5.77. The van der Waals surface area contributed by atoms with Crippen molar-refractivity contribution in [1.29, 1.82) is 0 Å². The third kappa shape index (κ3) is 1.78. The standard InChI is InChI=1S/C15H19N3O/c1-2-5-13-12(4-1)14(17-16-13)10-18-8-9-19-11-15(18)6-3-7-15/h1-2,4-5H,3,6-11H2,(H,16,17). The van der Waals surface area contributed by atoms with Gasteiger partial charge in [0.2, 0.25) is 0 Å². The van der Waals surface area contributed by atoms with Crippen LogP contribution in [0.15, 0.2) is 24.3 Å². The Hall–Kier alpha value is -1.39. The first-order valence-corrected chi connectivity index (χ1v) is 7.12. The van der Waals surface area contributed by atoms with Crippen molar-refractivity contribution in [1.82, 2.24) is 15.1 Å². The minimum absolute atomic E-state index is 0.310. The van der Waals surface area contributed by atoms with Gasteiger partial charge in [-0.3, -0.25) is 10.00 Å².